The summed E-state index contributed by atoms with van der Waals surface area (Å²) in [5, 5.41) is 0. The highest BCUT2D eigenvalue weighted by atomic mass is 16.2. The number of hydrogen-bond acceptors (Lipinski definition) is 3. The third-order valence-electron chi connectivity index (χ3n) is 4.72. The minimum atomic E-state index is -0.207. The Bertz CT molecular complexity index is 678. The number of aromatic nitrogens is 2. The predicted molar refractivity (Wildman–Crippen MR) is 94.6 cm³/mol. The fourth-order valence-corrected chi connectivity index (χ4v) is 2.90. The molecule has 0 spiro atoms. The van der Waals surface area contributed by atoms with Crippen LogP contribution in [0.1, 0.15) is 62.1 Å². The third-order valence-corrected chi connectivity index (χ3v) is 4.72. The van der Waals surface area contributed by atoms with Crippen LogP contribution in [-0.4, -0.2) is 26.8 Å². The maximum absolute atomic E-state index is 13.0. The van der Waals surface area contributed by atoms with Gasteiger partial charge in [0.15, 0.2) is 0 Å². The van der Waals surface area contributed by atoms with E-state index in [9.17, 15) is 4.79 Å². The molecular weight excluding hydrogens is 298 g/mol. The van der Waals surface area contributed by atoms with Gasteiger partial charge in [0.1, 0.15) is 6.33 Å². The zero-order valence-electron chi connectivity index (χ0n) is 14.6. The quantitative estimate of drug-likeness (QED) is 0.810. The Morgan fingerprint density at radius 2 is 1.71 bits per heavy atom. The van der Waals surface area contributed by atoms with Gasteiger partial charge in [-0.3, -0.25) is 4.79 Å². The molecule has 4 nitrogen and oxygen atoms in total. The molecule has 1 saturated carbocycles. The van der Waals surface area contributed by atoms with E-state index < -0.39 is 0 Å². The summed E-state index contributed by atoms with van der Waals surface area (Å²) in [6, 6.07) is 9.02. The molecule has 0 radical (unpaired) electrons. The first-order chi connectivity index (χ1) is 11.6. The van der Waals surface area contributed by atoms with E-state index in [0.29, 0.717) is 18.5 Å². The van der Waals surface area contributed by atoms with E-state index in [1.807, 2.05) is 11.8 Å². The highest BCUT2D eigenvalue weighted by Gasteiger charge is 2.35. The lowest BCUT2D eigenvalue weighted by atomic mass is 10.0. The number of amides is 1. The molecule has 1 amide bonds. The Morgan fingerprint density at radius 1 is 1.08 bits per heavy atom. The third kappa shape index (κ3) is 3.81. The molecule has 126 valence electrons. The van der Waals surface area contributed by atoms with Gasteiger partial charge in [-0.05, 0) is 36.8 Å². The average molecular weight is 323 g/mol. The Kier molecular flexibility index (Phi) is 4.93. The topological polar surface area (TPSA) is 46.1 Å². The van der Waals surface area contributed by atoms with E-state index in [0.717, 1.165) is 18.4 Å². The van der Waals surface area contributed by atoms with E-state index in [4.69, 9.17) is 0 Å². The molecule has 1 heterocycles. The molecular formula is C20H25N3O. The first-order valence-electron chi connectivity index (χ1n) is 8.70. The molecule has 1 fully saturated rings. The minimum absolute atomic E-state index is 0.167. The van der Waals surface area contributed by atoms with E-state index in [-0.39, 0.29) is 11.8 Å². The molecule has 0 bridgehead atoms. The van der Waals surface area contributed by atoms with E-state index in [1.54, 1.807) is 12.4 Å². The maximum atomic E-state index is 13.0. The van der Waals surface area contributed by atoms with Crippen LogP contribution in [0.2, 0.25) is 0 Å². The van der Waals surface area contributed by atoms with Crippen molar-refractivity contribution in [1.82, 2.24) is 14.9 Å². The van der Waals surface area contributed by atoms with Crippen LogP contribution < -0.4 is 0 Å². The van der Waals surface area contributed by atoms with Gasteiger partial charge < -0.3 is 4.90 Å². The van der Waals surface area contributed by atoms with Crippen molar-refractivity contribution in [2.75, 3.05) is 0 Å². The van der Waals surface area contributed by atoms with Crippen LogP contribution in [-0.2, 0) is 11.3 Å². The van der Waals surface area contributed by atoms with Crippen LogP contribution in [0.25, 0.3) is 0 Å². The summed E-state index contributed by atoms with van der Waals surface area (Å²) < 4.78 is 0. The minimum Gasteiger partial charge on any atom is -0.335 e. The van der Waals surface area contributed by atoms with Crippen molar-refractivity contribution < 1.29 is 4.79 Å². The van der Waals surface area contributed by atoms with Crippen molar-refractivity contribution in [1.29, 1.82) is 0 Å². The molecule has 24 heavy (non-hydrogen) atoms. The highest BCUT2D eigenvalue weighted by Crippen LogP contribution is 2.31. The standard InChI is InChI=1S/C20H25N3O/c1-14(2)17-6-4-16(5-7-17)12-23(19-8-9-19)20(24)15(3)18-10-21-13-22-11-18/h4-7,10-11,13-15,19H,8-9,12H2,1-3H3. The summed E-state index contributed by atoms with van der Waals surface area (Å²) in [6.07, 6.45) is 7.17. The van der Waals surface area contributed by atoms with Gasteiger partial charge in [-0.25, -0.2) is 9.97 Å². The fourth-order valence-electron chi connectivity index (χ4n) is 2.90. The summed E-state index contributed by atoms with van der Waals surface area (Å²) in [5.41, 5.74) is 3.40. The van der Waals surface area contributed by atoms with Crippen LogP contribution in [0.5, 0.6) is 0 Å². The summed E-state index contributed by atoms with van der Waals surface area (Å²) >= 11 is 0. The first-order valence-corrected chi connectivity index (χ1v) is 8.70. The largest absolute Gasteiger partial charge is 0.335 e. The van der Waals surface area contributed by atoms with Gasteiger partial charge in [0.2, 0.25) is 5.91 Å². The summed E-state index contributed by atoms with van der Waals surface area (Å²) in [6.45, 7) is 7.01. The summed E-state index contributed by atoms with van der Waals surface area (Å²) in [7, 11) is 0. The zero-order chi connectivity index (χ0) is 17.1. The molecule has 1 aromatic heterocycles. The van der Waals surface area contributed by atoms with Crippen molar-refractivity contribution in [2.24, 2.45) is 0 Å². The van der Waals surface area contributed by atoms with Gasteiger partial charge in [0.05, 0.1) is 5.92 Å². The summed E-state index contributed by atoms with van der Waals surface area (Å²) in [5.74, 6) is 0.486. The highest BCUT2D eigenvalue weighted by molar-refractivity contribution is 5.83. The molecule has 1 unspecified atom stereocenters. The lowest BCUT2D eigenvalue weighted by Gasteiger charge is -2.26. The number of benzene rings is 1. The van der Waals surface area contributed by atoms with Gasteiger partial charge in [-0.15, -0.1) is 0 Å². The SMILES string of the molecule is CC(C)c1ccc(CN(C(=O)C(C)c2cncnc2)C2CC2)cc1. The maximum Gasteiger partial charge on any atom is 0.230 e. The number of hydrogen-bond donors (Lipinski definition) is 0. The Morgan fingerprint density at radius 3 is 2.25 bits per heavy atom. The van der Waals surface area contributed by atoms with Crippen molar-refractivity contribution >= 4 is 5.91 Å². The molecule has 1 aromatic carbocycles. The lowest BCUT2D eigenvalue weighted by Crippen LogP contribution is -2.35. The van der Waals surface area contributed by atoms with Crippen LogP contribution >= 0.6 is 0 Å². The molecule has 1 atom stereocenters. The second kappa shape index (κ2) is 7.12. The summed E-state index contributed by atoms with van der Waals surface area (Å²) in [4.78, 5) is 23.1. The molecule has 4 heteroatoms. The Labute approximate surface area is 143 Å². The van der Waals surface area contributed by atoms with Gasteiger partial charge >= 0.3 is 0 Å². The van der Waals surface area contributed by atoms with Gasteiger partial charge in [0, 0.05) is 30.5 Å². The lowest BCUT2D eigenvalue weighted by molar-refractivity contribution is -0.133. The van der Waals surface area contributed by atoms with Gasteiger partial charge in [0.25, 0.3) is 0 Å². The second-order valence-electron chi connectivity index (χ2n) is 6.99. The smallest absolute Gasteiger partial charge is 0.230 e. The molecule has 0 saturated heterocycles. The van der Waals surface area contributed by atoms with E-state index in [1.165, 1.54) is 17.5 Å². The zero-order valence-corrected chi connectivity index (χ0v) is 14.6. The number of nitrogens with zero attached hydrogens (tertiary/aromatic N) is 3. The van der Waals surface area contributed by atoms with Crippen LogP contribution in [0.3, 0.4) is 0 Å². The fraction of sp³-hybridized carbons (Fsp3) is 0.450. The predicted octanol–water partition coefficient (Wildman–Crippen LogP) is 3.89. The second-order valence-corrected chi connectivity index (χ2v) is 6.99. The number of carbonyl (C=O) groups is 1. The van der Waals surface area contributed by atoms with Crippen LogP contribution in [0.15, 0.2) is 43.0 Å². The Hall–Kier alpha value is -2.23. The molecule has 2 aromatic rings. The molecule has 0 N–H and O–H groups in total. The van der Waals surface area contributed by atoms with E-state index >= 15 is 0 Å². The van der Waals surface area contributed by atoms with Crippen molar-refractivity contribution in [3.63, 3.8) is 0 Å². The van der Waals surface area contributed by atoms with Crippen LogP contribution in [0.4, 0.5) is 0 Å². The number of carbonyl (C=O) groups excluding carboxylic acids is 1. The molecule has 0 aliphatic heterocycles. The molecule has 3 rings (SSSR count). The Balaban J connectivity index is 1.74. The average Bonchev–Trinajstić information content (AvgIpc) is 3.44. The van der Waals surface area contributed by atoms with Crippen molar-refractivity contribution in [2.45, 2.75) is 58.0 Å². The van der Waals surface area contributed by atoms with Crippen molar-refractivity contribution in [3.05, 3.63) is 59.7 Å². The first kappa shape index (κ1) is 16.6. The van der Waals surface area contributed by atoms with Crippen molar-refractivity contribution in [3.8, 4) is 0 Å². The normalized spacial score (nSPS) is 15.3. The number of rotatable bonds is 6. The monoisotopic (exact) mass is 323 g/mol. The van der Waals surface area contributed by atoms with Gasteiger partial charge in [-0.1, -0.05) is 38.1 Å². The van der Waals surface area contributed by atoms with E-state index in [2.05, 4.69) is 48.1 Å². The van der Waals surface area contributed by atoms with Gasteiger partial charge in [-0.2, -0.15) is 0 Å². The molecule has 1 aliphatic carbocycles. The van der Waals surface area contributed by atoms with Crippen LogP contribution in [0, 0.1) is 0 Å². The molecule has 1 aliphatic rings.